The van der Waals surface area contributed by atoms with E-state index >= 15 is 0 Å². The summed E-state index contributed by atoms with van der Waals surface area (Å²) in [5.74, 6) is -0.413. The first-order chi connectivity index (χ1) is 9.56. The van der Waals surface area contributed by atoms with Crippen molar-refractivity contribution in [3.8, 4) is 0 Å². The normalized spacial score (nSPS) is 10.3. The fourth-order valence-corrected chi connectivity index (χ4v) is 2.24. The molecule has 2 rings (SSSR count). The molecule has 0 unspecified atom stereocenters. The number of anilines is 2. The summed E-state index contributed by atoms with van der Waals surface area (Å²) >= 11 is 1.24. The summed E-state index contributed by atoms with van der Waals surface area (Å²) in [6.45, 7) is 1.67. The van der Waals surface area contributed by atoms with Gasteiger partial charge in [-0.2, -0.15) is 0 Å². The van der Waals surface area contributed by atoms with Crippen LogP contribution < -0.4 is 11.1 Å². The van der Waals surface area contributed by atoms with E-state index < -0.39 is 0 Å². The Kier molecular flexibility index (Phi) is 4.57. The number of rotatable bonds is 4. The van der Waals surface area contributed by atoms with E-state index in [2.05, 4.69) is 10.3 Å². The summed E-state index contributed by atoms with van der Waals surface area (Å²) in [4.78, 5) is 15.9. The maximum Gasteiger partial charge on any atom is 0.234 e. The number of amides is 1. The standard InChI is InChI=1S/C14H14FN3OS/c1-9-4-5-10(7-11(9)15)18-13(19)8-20-14-12(16)3-2-6-17-14/h2-7H,8,16H2,1H3,(H,18,19). The minimum absolute atomic E-state index is 0.163. The van der Waals surface area contributed by atoms with Crippen LogP contribution in [0.15, 0.2) is 41.6 Å². The van der Waals surface area contributed by atoms with Gasteiger partial charge in [0.25, 0.3) is 0 Å². The highest BCUT2D eigenvalue weighted by Gasteiger charge is 2.07. The average molecular weight is 291 g/mol. The average Bonchev–Trinajstić information content (AvgIpc) is 2.42. The number of nitrogens with one attached hydrogen (secondary N) is 1. The van der Waals surface area contributed by atoms with Crippen LogP contribution in [0.5, 0.6) is 0 Å². The Bertz CT molecular complexity index is 634. The van der Waals surface area contributed by atoms with Gasteiger partial charge in [0, 0.05) is 11.9 Å². The molecule has 4 nitrogen and oxygen atoms in total. The highest BCUT2D eigenvalue weighted by Crippen LogP contribution is 2.22. The summed E-state index contributed by atoms with van der Waals surface area (Å²) in [5, 5.41) is 3.24. The summed E-state index contributed by atoms with van der Waals surface area (Å²) in [5.41, 5.74) is 7.24. The number of nitrogens with zero attached hydrogens (tertiary/aromatic N) is 1. The van der Waals surface area contributed by atoms with Crippen LogP contribution >= 0.6 is 11.8 Å². The molecule has 0 atom stereocenters. The molecule has 0 aliphatic carbocycles. The van der Waals surface area contributed by atoms with Crippen molar-refractivity contribution < 1.29 is 9.18 Å². The minimum atomic E-state index is -0.343. The first kappa shape index (κ1) is 14.3. The number of aryl methyl sites for hydroxylation is 1. The lowest BCUT2D eigenvalue weighted by atomic mass is 10.2. The van der Waals surface area contributed by atoms with Gasteiger partial charge in [-0.25, -0.2) is 9.37 Å². The van der Waals surface area contributed by atoms with Crippen molar-refractivity contribution >= 4 is 29.0 Å². The monoisotopic (exact) mass is 291 g/mol. The van der Waals surface area contributed by atoms with Gasteiger partial charge < -0.3 is 11.1 Å². The number of carbonyl (C=O) groups is 1. The van der Waals surface area contributed by atoms with Gasteiger partial charge in [-0.05, 0) is 36.8 Å². The fraction of sp³-hybridized carbons (Fsp3) is 0.143. The Morgan fingerprint density at radius 2 is 2.25 bits per heavy atom. The number of benzene rings is 1. The molecular formula is C14H14FN3OS. The quantitative estimate of drug-likeness (QED) is 0.850. The second-order valence-corrected chi connectivity index (χ2v) is 5.16. The predicted octanol–water partition coefficient (Wildman–Crippen LogP) is 2.84. The van der Waals surface area contributed by atoms with E-state index in [1.807, 2.05) is 0 Å². The molecule has 0 fully saturated rings. The van der Waals surface area contributed by atoms with Crippen molar-refractivity contribution in [2.24, 2.45) is 0 Å². The number of aromatic nitrogens is 1. The molecule has 1 aromatic carbocycles. The number of nitrogen functional groups attached to an aromatic ring is 1. The molecule has 0 aliphatic heterocycles. The van der Waals surface area contributed by atoms with Crippen LogP contribution in [-0.4, -0.2) is 16.6 Å². The SMILES string of the molecule is Cc1ccc(NC(=O)CSc2ncccc2N)cc1F. The van der Waals surface area contributed by atoms with Gasteiger partial charge in [0.1, 0.15) is 10.8 Å². The number of carbonyl (C=O) groups excluding carboxylic acids is 1. The number of halogens is 1. The highest BCUT2D eigenvalue weighted by molar-refractivity contribution is 8.00. The van der Waals surface area contributed by atoms with Crippen LogP contribution in [0.1, 0.15) is 5.56 Å². The van der Waals surface area contributed by atoms with Crippen molar-refractivity contribution in [1.82, 2.24) is 4.98 Å². The molecule has 3 N–H and O–H groups in total. The smallest absolute Gasteiger partial charge is 0.234 e. The van der Waals surface area contributed by atoms with Crippen LogP contribution in [0.3, 0.4) is 0 Å². The van der Waals surface area contributed by atoms with E-state index in [1.165, 1.54) is 17.8 Å². The molecule has 6 heteroatoms. The maximum atomic E-state index is 13.4. The molecule has 1 aromatic heterocycles. The summed E-state index contributed by atoms with van der Waals surface area (Å²) in [7, 11) is 0. The Hall–Kier alpha value is -2.08. The predicted molar refractivity (Wildman–Crippen MR) is 79.1 cm³/mol. The minimum Gasteiger partial charge on any atom is -0.397 e. The third kappa shape index (κ3) is 3.71. The molecule has 0 aliphatic rings. The maximum absolute atomic E-state index is 13.4. The molecule has 0 saturated carbocycles. The van der Waals surface area contributed by atoms with Gasteiger partial charge in [-0.1, -0.05) is 17.8 Å². The van der Waals surface area contributed by atoms with E-state index in [4.69, 9.17) is 5.73 Å². The lowest BCUT2D eigenvalue weighted by Gasteiger charge is -2.07. The molecule has 2 aromatic rings. The largest absolute Gasteiger partial charge is 0.397 e. The number of hydrogen-bond acceptors (Lipinski definition) is 4. The van der Waals surface area contributed by atoms with Crippen LogP contribution in [0.4, 0.5) is 15.8 Å². The van der Waals surface area contributed by atoms with Gasteiger partial charge in [0.2, 0.25) is 5.91 Å². The van der Waals surface area contributed by atoms with Gasteiger partial charge in [0.15, 0.2) is 0 Å². The Balaban J connectivity index is 1.93. The van der Waals surface area contributed by atoms with E-state index in [1.54, 1.807) is 37.4 Å². The zero-order chi connectivity index (χ0) is 14.5. The molecule has 0 radical (unpaired) electrons. The van der Waals surface area contributed by atoms with E-state index in [-0.39, 0.29) is 17.5 Å². The molecular weight excluding hydrogens is 277 g/mol. The van der Waals surface area contributed by atoms with Crippen LogP contribution in [-0.2, 0) is 4.79 Å². The third-order valence-electron chi connectivity index (χ3n) is 2.60. The lowest BCUT2D eigenvalue weighted by Crippen LogP contribution is -2.14. The Labute approximate surface area is 120 Å². The number of hydrogen-bond donors (Lipinski definition) is 2. The first-order valence-corrected chi connectivity index (χ1v) is 6.94. The summed E-state index contributed by atoms with van der Waals surface area (Å²) < 4.78 is 13.4. The van der Waals surface area contributed by atoms with Crippen molar-refractivity contribution in [1.29, 1.82) is 0 Å². The zero-order valence-electron chi connectivity index (χ0n) is 10.9. The molecule has 1 amide bonds. The van der Waals surface area contributed by atoms with Gasteiger partial charge in [0.05, 0.1) is 11.4 Å². The molecule has 20 heavy (non-hydrogen) atoms. The Morgan fingerprint density at radius 1 is 1.45 bits per heavy atom. The first-order valence-electron chi connectivity index (χ1n) is 5.95. The number of thioether (sulfide) groups is 1. The van der Waals surface area contributed by atoms with E-state index in [0.29, 0.717) is 22.0 Å². The Morgan fingerprint density at radius 3 is 2.95 bits per heavy atom. The summed E-state index contributed by atoms with van der Waals surface area (Å²) in [6, 6.07) is 8.04. The zero-order valence-corrected chi connectivity index (χ0v) is 11.7. The van der Waals surface area contributed by atoms with Crippen molar-refractivity contribution in [3.05, 3.63) is 47.9 Å². The molecule has 0 spiro atoms. The number of nitrogens with two attached hydrogens (primary N) is 1. The lowest BCUT2D eigenvalue weighted by molar-refractivity contribution is -0.113. The van der Waals surface area contributed by atoms with Gasteiger partial charge in [-0.15, -0.1) is 0 Å². The van der Waals surface area contributed by atoms with Crippen molar-refractivity contribution in [2.75, 3.05) is 16.8 Å². The second-order valence-electron chi connectivity index (χ2n) is 4.20. The van der Waals surface area contributed by atoms with Crippen molar-refractivity contribution in [2.45, 2.75) is 11.9 Å². The number of pyridine rings is 1. The van der Waals surface area contributed by atoms with Crippen LogP contribution in [0.2, 0.25) is 0 Å². The summed E-state index contributed by atoms with van der Waals surface area (Å²) in [6.07, 6.45) is 1.62. The molecule has 0 saturated heterocycles. The van der Waals surface area contributed by atoms with Gasteiger partial charge >= 0.3 is 0 Å². The van der Waals surface area contributed by atoms with Crippen LogP contribution in [0, 0.1) is 12.7 Å². The van der Waals surface area contributed by atoms with Crippen molar-refractivity contribution in [3.63, 3.8) is 0 Å². The fourth-order valence-electron chi connectivity index (χ4n) is 1.53. The molecule has 1 heterocycles. The third-order valence-corrected chi connectivity index (χ3v) is 3.62. The van der Waals surface area contributed by atoms with Crippen LogP contribution in [0.25, 0.3) is 0 Å². The highest BCUT2D eigenvalue weighted by atomic mass is 32.2. The topological polar surface area (TPSA) is 68.0 Å². The van der Waals surface area contributed by atoms with E-state index in [9.17, 15) is 9.18 Å². The second kappa shape index (κ2) is 6.38. The molecule has 104 valence electrons. The van der Waals surface area contributed by atoms with E-state index in [0.717, 1.165) is 0 Å². The van der Waals surface area contributed by atoms with Gasteiger partial charge in [-0.3, -0.25) is 4.79 Å². The molecule has 0 bridgehead atoms.